The van der Waals surface area contributed by atoms with E-state index in [1.165, 1.54) is 6.20 Å². The summed E-state index contributed by atoms with van der Waals surface area (Å²) in [7, 11) is -1.99. The molecule has 0 fully saturated rings. The van der Waals surface area contributed by atoms with Gasteiger partial charge in [-0.05, 0) is 37.0 Å². The van der Waals surface area contributed by atoms with E-state index < -0.39 is 19.7 Å². The third-order valence-corrected chi connectivity index (χ3v) is 10.6. The molecule has 0 spiro atoms. The van der Waals surface area contributed by atoms with Gasteiger partial charge in [-0.3, -0.25) is 4.79 Å². The average Bonchev–Trinajstić information content (AvgIpc) is 2.62. The van der Waals surface area contributed by atoms with E-state index in [9.17, 15) is 9.59 Å². The Morgan fingerprint density at radius 1 is 1.30 bits per heavy atom. The Morgan fingerprint density at radius 2 is 1.93 bits per heavy atom. The monoisotopic (exact) mass is 452 g/mol. The van der Waals surface area contributed by atoms with E-state index in [0.29, 0.717) is 22.7 Å². The van der Waals surface area contributed by atoms with Crippen LogP contribution in [0.1, 0.15) is 57.9 Å². The molecule has 2 heterocycles. The smallest absolute Gasteiger partial charge is 0.343 e. The van der Waals surface area contributed by atoms with Crippen molar-refractivity contribution in [1.29, 1.82) is 0 Å². The summed E-state index contributed by atoms with van der Waals surface area (Å²) >= 11 is 6.10. The molecule has 166 valence electrons. The van der Waals surface area contributed by atoms with Gasteiger partial charge in [-0.2, -0.15) is 0 Å². The van der Waals surface area contributed by atoms with Crippen molar-refractivity contribution >= 4 is 36.9 Å². The van der Waals surface area contributed by atoms with Crippen molar-refractivity contribution in [2.75, 3.05) is 13.2 Å². The Balaban J connectivity index is 2.64. The fraction of sp³-hybridized carbons (Fsp3) is 0.591. The molecule has 6 nitrogen and oxygen atoms in total. The van der Waals surface area contributed by atoms with E-state index in [1.54, 1.807) is 19.2 Å². The largest absolute Gasteiger partial charge is 0.462 e. The molecule has 0 N–H and O–H groups in total. The van der Waals surface area contributed by atoms with Gasteiger partial charge in [0.2, 0.25) is 5.43 Å². The average molecular weight is 453 g/mol. The van der Waals surface area contributed by atoms with Crippen LogP contribution >= 0.6 is 11.6 Å². The Labute approximate surface area is 184 Å². The molecule has 0 unspecified atom stereocenters. The molecule has 0 bridgehead atoms. The van der Waals surface area contributed by atoms with Crippen molar-refractivity contribution in [3.63, 3.8) is 0 Å². The predicted molar refractivity (Wildman–Crippen MR) is 124 cm³/mol. The molecule has 0 aromatic carbocycles. The topological polar surface area (TPSA) is 70.4 Å². The van der Waals surface area contributed by atoms with E-state index in [4.69, 9.17) is 20.8 Å². The number of pyridine rings is 2. The minimum Gasteiger partial charge on any atom is -0.462 e. The number of halogens is 1. The van der Waals surface area contributed by atoms with Crippen LogP contribution in [0.3, 0.4) is 0 Å². The molecule has 8 heteroatoms. The predicted octanol–water partition coefficient (Wildman–Crippen LogP) is 5.45. The van der Waals surface area contributed by atoms with Crippen LogP contribution in [-0.4, -0.2) is 37.1 Å². The normalized spacial score (nSPS) is 13.7. The summed E-state index contributed by atoms with van der Waals surface area (Å²) in [6.07, 6.45) is 3.07. The highest BCUT2D eigenvalue weighted by atomic mass is 35.5. The van der Waals surface area contributed by atoms with Gasteiger partial charge in [-0.15, -0.1) is 0 Å². The lowest BCUT2D eigenvalue weighted by Crippen LogP contribution is -2.42. The fourth-order valence-electron chi connectivity index (χ4n) is 2.92. The summed E-state index contributed by atoms with van der Waals surface area (Å²) in [5.41, 5.74) is 0.0314. The number of hydrogen-bond donors (Lipinski definition) is 0. The standard InChI is InChI=1S/C22H33ClN2O4Si/c1-9-28-21(27)17-12-25(20-16(19(17)26)10-15(23)11-24-20)18(14(2)3)13-29-30(7,8)22(4,5)6/h10-12,14,18H,9,13H2,1-8H3/t18-/m1/s1. The lowest BCUT2D eigenvalue weighted by atomic mass is 10.0. The van der Waals surface area contributed by atoms with Crippen LogP contribution in [-0.2, 0) is 9.16 Å². The van der Waals surface area contributed by atoms with E-state index in [1.807, 2.05) is 4.57 Å². The van der Waals surface area contributed by atoms with Gasteiger partial charge in [0.1, 0.15) is 11.2 Å². The SMILES string of the molecule is CCOC(=O)c1cn([C@H](CO[Si](C)(C)C(C)(C)C)C(C)C)c2ncc(Cl)cc2c1=O. The fourth-order valence-corrected chi connectivity index (χ4v) is 4.10. The molecule has 0 saturated carbocycles. The number of hydrogen-bond acceptors (Lipinski definition) is 5. The Morgan fingerprint density at radius 3 is 2.47 bits per heavy atom. The van der Waals surface area contributed by atoms with E-state index in [0.717, 1.165) is 0 Å². The lowest BCUT2D eigenvalue weighted by Gasteiger charge is -2.38. The second-order valence-electron chi connectivity index (χ2n) is 9.41. The summed E-state index contributed by atoms with van der Waals surface area (Å²) in [6, 6.07) is 1.43. The summed E-state index contributed by atoms with van der Waals surface area (Å²) < 4.78 is 13.5. The highest BCUT2D eigenvalue weighted by molar-refractivity contribution is 6.74. The van der Waals surface area contributed by atoms with Gasteiger partial charge in [0.05, 0.1) is 29.7 Å². The van der Waals surface area contributed by atoms with Gasteiger partial charge in [0.15, 0.2) is 8.32 Å². The van der Waals surface area contributed by atoms with E-state index in [2.05, 4.69) is 52.7 Å². The van der Waals surface area contributed by atoms with Crippen molar-refractivity contribution in [2.24, 2.45) is 5.92 Å². The molecule has 30 heavy (non-hydrogen) atoms. The Hall–Kier alpha value is -1.70. The lowest BCUT2D eigenvalue weighted by molar-refractivity contribution is 0.0523. The number of esters is 1. The molecule has 0 aliphatic carbocycles. The van der Waals surface area contributed by atoms with Crippen molar-refractivity contribution in [1.82, 2.24) is 9.55 Å². The zero-order valence-corrected chi connectivity index (χ0v) is 21.0. The first-order valence-electron chi connectivity index (χ1n) is 10.3. The Kier molecular flexibility index (Phi) is 7.53. The zero-order valence-electron chi connectivity index (χ0n) is 19.2. The molecule has 2 aromatic heterocycles. The molecule has 2 rings (SSSR count). The zero-order chi connectivity index (χ0) is 22.9. The van der Waals surface area contributed by atoms with Crippen LogP contribution in [0.2, 0.25) is 23.2 Å². The van der Waals surface area contributed by atoms with Gasteiger partial charge in [-0.25, -0.2) is 9.78 Å². The molecule has 0 radical (unpaired) electrons. The van der Waals surface area contributed by atoms with Crippen molar-refractivity contribution in [3.05, 3.63) is 39.3 Å². The molecule has 0 aliphatic rings. The highest BCUT2D eigenvalue weighted by Gasteiger charge is 2.38. The second-order valence-corrected chi connectivity index (χ2v) is 14.7. The maximum atomic E-state index is 13.0. The molecule has 0 saturated heterocycles. The van der Waals surface area contributed by atoms with Crippen molar-refractivity contribution in [3.8, 4) is 0 Å². The quantitative estimate of drug-likeness (QED) is 0.412. The summed E-state index contributed by atoms with van der Waals surface area (Å²) in [4.78, 5) is 29.8. The summed E-state index contributed by atoms with van der Waals surface area (Å²) in [5.74, 6) is -0.473. The molecule has 2 aromatic rings. The highest BCUT2D eigenvalue weighted by Crippen LogP contribution is 2.37. The van der Waals surface area contributed by atoms with Crippen LogP contribution in [0.5, 0.6) is 0 Å². The third-order valence-electron chi connectivity index (χ3n) is 5.88. The van der Waals surface area contributed by atoms with Gasteiger partial charge < -0.3 is 13.7 Å². The minimum absolute atomic E-state index is 0.0219. The van der Waals surface area contributed by atoms with Crippen molar-refractivity contribution < 1.29 is 14.0 Å². The minimum atomic E-state index is -1.99. The molecular weight excluding hydrogens is 420 g/mol. The van der Waals surface area contributed by atoms with Crippen LogP contribution in [0, 0.1) is 5.92 Å². The molecule has 0 amide bonds. The number of ether oxygens (including phenoxy) is 1. The number of fused-ring (bicyclic) bond motifs is 1. The number of rotatable bonds is 7. The van der Waals surface area contributed by atoms with Crippen LogP contribution < -0.4 is 5.43 Å². The van der Waals surface area contributed by atoms with E-state index >= 15 is 0 Å². The van der Waals surface area contributed by atoms with Crippen LogP contribution in [0.4, 0.5) is 0 Å². The molecule has 0 aliphatic heterocycles. The van der Waals surface area contributed by atoms with Crippen LogP contribution in [0.15, 0.2) is 23.3 Å². The van der Waals surface area contributed by atoms with Gasteiger partial charge in [0, 0.05) is 12.4 Å². The van der Waals surface area contributed by atoms with E-state index in [-0.39, 0.29) is 29.2 Å². The van der Waals surface area contributed by atoms with Gasteiger partial charge in [0.25, 0.3) is 0 Å². The first-order chi connectivity index (χ1) is 13.8. The number of nitrogens with zero attached hydrogens (tertiary/aromatic N) is 2. The maximum absolute atomic E-state index is 13.0. The molecule has 1 atom stereocenters. The first kappa shape index (κ1) is 24.6. The van der Waals surface area contributed by atoms with Gasteiger partial charge >= 0.3 is 5.97 Å². The first-order valence-corrected chi connectivity index (χ1v) is 13.6. The third kappa shape index (κ3) is 5.13. The Bertz CT molecular complexity index is 979. The maximum Gasteiger partial charge on any atom is 0.343 e. The number of carbonyl (C=O) groups excluding carboxylic acids is 1. The van der Waals surface area contributed by atoms with Crippen LogP contribution in [0.25, 0.3) is 11.0 Å². The summed E-state index contributed by atoms with van der Waals surface area (Å²) in [6.45, 7) is 17.5. The number of aromatic nitrogens is 2. The van der Waals surface area contributed by atoms with Crippen molar-refractivity contribution in [2.45, 2.75) is 65.7 Å². The summed E-state index contributed by atoms with van der Waals surface area (Å²) in [5, 5.41) is 0.707. The molecular formula is C22H33ClN2O4Si. The number of carbonyl (C=O) groups is 1. The van der Waals surface area contributed by atoms with Gasteiger partial charge in [-0.1, -0.05) is 46.2 Å². The second kappa shape index (κ2) is 9.20.